The summed E-state index contributed by atoms with van der Waals surface area (Å²) >= 11 is 1.59. The molecule has 6 rings (SSSR count). The maximum atomic E-state index is 14.8. The molecule has 1 unspecified atom stereocenters. The number of hydrogen-bond donors (Lipinski definition) is 5. The number of rotatable bonds is 11. The molecule has 0 spiro atoms. The molecular formula is C36H46N8O7S. The zero-order valence-corrected chi connectivity index (χ0v) is 30.2. The molecule has 3 aliphatic rings. The highest BCUT2D eigenvalue weighted by molar-refractivity contribution is 7.99. The first-order chi connectivity index (χ1) is 24.8. The van der Waals surface area contributed by atoms with Gasteiger partial charge in [0.2, 0.25) is 17.6 Å². The van der Waals surface area contributed by atoms with Crippen LogP contribution in [0.5, 0.6) is 0 Å². The molecule has 3 aromatic rings. The smallest absolute Gasteiger partial charge is 0.287 e. The lowest BCUT2D eigenvalue weighted by Crippen LogP contribution is -2.63. The number of nitrogens with two attached hydrogens (primary N) is 1. The van der Waals surface area contributed by atoms with Crippen LogP contribution in [0.4, 0.5) is 0 Å². The zero-order valence-electron chi connectivity index (χ0n) is 29.4. The van der Waals surface area contributed by atoms with E-state index in [4.69, 9.17) is 5.73 Å². The third kappa shape index (κ3) is 7.77. The molecule has 0 radical (unpaired) electrons. The predicted molar refractivity (Wildman–Crippen MR) is 193 cm³/mol. The van der Waals surface area contributed by atoms with Gasteiger partial charge in [0, 0.05) is 18.4 Å². The number of thioether (sulfide) groups is 1. The normalized spacial score (nSPS) is 21.4. The summed E-state index contributed by atoms with van der Waals surface area (Å²) in [5.41, 5.74) is 2.53. The van der Waals surface area contributed by atoms with E-state index in [1.807, 2.05) is 0 Å². The molecule has 15 nitrogen and oxygen atoms in total. The molecule has 1 saturated carbocycles. The molecule has 3 atom stereocenters. The summed E-state index contributed by atoms with van der Waals surface area (Å²) in [6.07, 6.45) is 7.03. The Morgan fingerprint density at radius 2 is 1.83 bits per heavy atom. The maximum absolute atomic E-state index is 14.8. The number of nitrogens with zero attached hydrogens (tertiary/aromatic N) is 4. The SMILES string of the molecule is CC(C)(O)c1cnnn1[C@H]1C[C@@H](C(=O)NC2(C(=O)C(N)=O)CCSCC2)N(C(=O)C(CC2CCCCC2)NC(=O)c2cc3ccccc3c(=O)[nH]2)C1. The highest BCUT2D eigenvalue weighted by Crippen LogP contribution is 2.35. The molecule has 52 heavy (non-hydrogen) atoms. The van der Waals surface area contributed by atoms with Crippen LogP contribution in [0.1, 0.15) is 93.9 Å². The molecule has 0 bridgehead atoms. The molecule has 6 N–H and O–H groups in total. The number of primary amides is 1. The van der Waals surface area contributed by atoms with Crippen molar-refractivity contribution in [3.63, 3.8) is 0 Å². The number of carbonyl (C=O) groups excluding carboxylic acids is 5. The van der Waals surface area contributed by atoms with Crippen LogP contribution < -0.4 is 21.9 Å². The van der Waals surface area contributed by atoms with Gasteiger partial charge >= 0.3 is 0 Å². The van der Waals surface area contributed by atoms with Crippen LogP contribution >= 0.6 is 11.8 Å². The van der Waals surface area contributed by atoms with E-state index in [2.05, 4.69) is 25.9 Å². The number of Topliss-reactive ketones (excluding diaryl/α,β-unsaturated/α-hetero) is 1. The predicted octanol–water partition coefficient (Wildman–Crippen LogP) is 1.69. The number of likely N-dealkylation sites (tertiary alicyclic amines) is 1. The van der Waals surface area contributed by atoms with E-state index in [1.165, 1.54) is 15.8 Å². The Labute approximate surface area is 304 Å². The molecule has 16 heteroatoms. The number of aromatic amines is 1. The van der Waals surface area contributed by atoms with Gasteiger partial charge in [-0.15, -0.1) is 5.10 Å². The van der Waals surface area contributed by atoms with Gasteiger partial charge in [-0.05, 0) is 68.1 Å². The third-order valence-electron chi connectivity index (χ3n) is 10.7. The van der Waals surface area contributed by atoms with Crippen molar-refractivity contribution in [3.05, 3.63) is 58.3 Å². The number of amides is 4. The van der Waals surface area contributed by atoms with Gasteiger partial charge in [0.25, 0.3) is 17.4 Å². The van der Waals surface area contributed by atoms with Gasteiger partial charge in [0.05, 0.1) is 17.9 Å². The second-order valence-electron chi connectivity index (χ2n) is 14.8. The van der Waals surface area contributed by atoms with Gasteiger partial charge in [-0.1, -0.05) is 55.5 Å². The van der Waals surface area contributed by atoms with Crippen molar-refractivity contribution in [3.8, 4) is 0 Å². The number of fused-ring (bicyclic) bond motifs is 1. The van der Waals surface area contributed by atoms with Crippen LogP contribution in [0.3, 0.4) is 0 Å². The molecule has 2 aromatic heterocycles. The van der Waals surface area contributed by atoms with Crippen molar-refractivity contribution < 1.29 is 29.1 Å². The van der Waals surface area contributed by atoms with E-state index in [-0.39, 0.29) is 37.4 Å². The number of nitrogens with one attached hydrogen (secondary N) is 3. The van der Waals surface area contributed by atoms with Gasteiger partial charge in [-0.3, -0.25) is 28.8 Å². The van der Waals surface area contributed by atoms with Crippen LogP contribution in [0, 0.1) is 5.92 Å². The molecular weight excluding hydrogens is 689 g/mol. The van der Waals surface area contributed by atoms with Crippen molar-refractivity contribution in [1.29, 1.82) is 0 Å². The Bertz CT molecular complexity index is 1910. The van der Waals surface area contributed by atoms with E-state index in [0.29, 0.717) is 34.4 Å². The number of ketones is 1. The standard InChI is InChI=1S/C36H46N8O7S/c1-35(2,51)28-19-38-42-44(28)23-18-27(33(49)41-36(29(45)30(37)46)12-14-52-15-13-36)43(20-23)34(50)26(16-21-8-4-3-5-9-21)40-32(48)25-17-22-10-6-7-11-24(22)31(47)39-25/h6-7,10-11,17,19,21,23,26-27,51H,3-5,8-9,12-16,18,20H2,1-2H3,(H2,37,46)(H,39,47)(H,40,48)(H,41,49)/t23-,26?,27-/m0/s1. The average Bonchev–Trinajstić information content (AvgIpc) is 3.80. The van der Waals surface area contributed by atoms with E-state index in [9.17, 15) is 33.9 Å². The molecule has 2 saturated heterocycles. The minimum atomic E-state index is -1.51. The van der Waals surface area contributed by atoms with Gasteiger partial charge < -0.3 is 31.4 Å². The lowest BCUT2D eigenvalue weighted by molar-refractivity contribution is -0.145. The summed E-state index contributed by atoms with van der Waals surface area (Å²) in [6, 6.07) is 5.66. The van der Waals surface area contributed by atoms with Gasteiger partial charge in [0.15, 0.2) is 0 Å². The number of pyridine rings is 1. The number of hydrogen-bond acceptors (Lipinski definition) is 10. The number of H-pyrrole nitrogens is 1. The fourth-order valence-corrected chi connectivity index (χ4v) is 9.05. The van der Waals surface area contributed by atoms with Crippen molar-refractivity contribution in [2.45, 2.75) is 101 Å². The summed E-state index contributed by atoms with van der Waals surface area (Å²) < 4.78 is 1.50. The van der Waals surface area contributed by atoms with Crippen molar-refractivity contribution in [1.82, 2.24) is 35.5 Å². The van der Waals surface area contributed by atoms with Crippen LogP contribution in [-0.2, 0) is 24.8 Å². The summed E-state index contributed by atoms with van der Waals surface area (Å²) in [7, 11) is 0. The monoisotopic (exact) mass is 734 g/mol. The summed E-state index contributed by atoms with van der Waals surface area (Å²) in [6.45, 7) is 3.15. The summed E-state index contributed by atoms with van der Waals surface area (Å²) in [4.78, 5) is 85.2. The Morgan fingerprint density at radius 1 is 1.12 bits per heavy atom. The van der Waals surface area contributed by atoms with Crippen LogP contribution in [0.2, 0.25) is 0 Å². The number of benzene rings is 1. The lowest BCUT2D eigenvalue weighted by atomic mass is 9.84. The molecule has 4 heterocycles. The molecule has 1 aromatic carbocycles. The Hall–Kier alpha value is -4.57. The maximum Gasteiger partial charge on any atom is 0.287 e. The third-order valence-corrected chi connectivity index (χ3v) is 11.7. The van der Waals surface area contributed by atoms with Crippen LogP contribution in [-0.4, -0.2) is 95.1 Å². The van der Waals surface area contributed by atoms with Gasteiger partial charge in [-0.25, -0.2) is 4.68 Å². The van der Waals surface area contributed by atoms with E-state index >= 15 is 0 Å². The highest BCUT2D eigenvalue weighted by atomic mass is 32.2. The van der Waals surface area contributed by atoms with Crippen molar-refractivity contribution >= 4 is 51.9 Å². The Kier molecular flexibility index (Phi) is 10.9. The quantitative estimate of drug-likeness (QED) is 0.179. The van der Waals surface area contributed by atoms with Gasteiger partial charge in [0.1, 0.15) is 28.9 Å². The minimum Gasteiger partial charge on any atom is -0.384 e. The van der Waals surface area contributed by atoms with Crippen molar-refractivity contribution in [2.24, 2.45) is 11.7 Å². The Morgan fingerprint density at radius 3 is 2.52 bits per heavy atom. The van der Waals surface area contributed by atoms with Crippen LogP contribution in [0.15, 0.2) is 41.3 Å². The molecule has 1 aliphatic carbocycles. The zero-order chi connectivity index (χ0) is 37.2. The first-order valence-corrected chi connectivity index (χ1v) is 19.0. The minimum absolute atomic E-state index is 0.00163. The van der Waals surface area contributed by atoms with Crippen LogP contribution in [0.25, 0.3) is 10.8 Å². The average molecular weight is 735 g/mol. The molecule has 278 valence electrons. The fourth-order valence-electron chi connectivity index (χ4n) is 7.87. The first kappa shape index (κ1) is 37.2. The number of carbonyl (C=O) groups is 5. The number of aromatic nitrogens is 4. The molecule has 3 fully saturated rings. The summed E-state index contributed by atoms with van der Waals surface area (Å²) in [5, 5.41) is 25.8. The second-order valence-corrected chi connectivity index (χ2v) is 16.0. The lowest BCUT2D eigenvalue weighted by Gasteiger charge is -2.37. The van der Waals surface area contributed by atoms with Crippen molar-refractivity contribution in [2.75, 3.05) is 18.1 Å². The van der Waals surface area contributed by atoms with Gasteiger partial charge in [-0.2, -0.15) is 11.8 Å². The highest BCUT2D eigenvalue weighted by Gasteiger charge is 2.49. The van der Waals surface area contributed by atoms with E-state index in [0.717, 1.165) is 32.1 Å². The molecule has 4 amide bonds. The largest absolute Gasteiger partial charge is 0.384 e. The number of aliphatic hydroxyl groups is 1. The second kappa shape index (κ2) is 15.2. The summed E-state index contributed by atoms with van der Waals surface area (Å²) in [5.74, 6) is -2.64. The first-order valence-electron chi connectivity index (χ1n) is 17.9. The van der Waals surface area contributed by atoms with E-state index in [1.54, 1.807) is 55.9 Å². The topological polar surface area (TPSA) is 222 Å². The van der Waals surface area contributed by atoms with E-state index < -0.39 is 64.2 Å². The fraction of sp³-hybridized carbons (Fsp3) is 0.556. The Balaban J connectivity index is 1.34. The molecule has 2 aliphatic heterocycles.